The highest BCUT2D eigenvalue weighted by Crippen LogP contribution is 2.38. The van der Waals surface area contributed by atoms with Gasteiger partial charge in [0.2, 0.25) is 5.95 Å². The topological polar surface area (TPSA) is 37.8 Å². The summed E-state index contributed by atoms with van der Waals surface area (Å²) in [7, 11) is 1.82. The predicted molar refractivity (Wildman–Crippen MR) is 73.2 cm³/mol. The first-order valence-electron chi connectivity index (χ1n) is 5.95. The zero-order valence-corrected chi connectivity index (χ0v) is 11.3. The van der Waals surface area contributed by atoms with Crippen LogP contribution in [0.2, 0.25) is 5.15 Å². The molecule has 3 nitrogen and oxygen atoms in total. The molecule has 2 aromatic rings. The number of aryl methyl sites for hydroxylation is 2. The lowest BCUT2D eigenvalue weighted by atomic mass is 10.1. The van der Waals surface area contributed by atoms with Gasteiger partial charge in [0.1, 0.15) is 9.98 Å². The fourth-order valence-corrected chi connectivity index (χ4v) is 4.00. The normalized spacial score (nSPS) is 15.6. The molecule has 5 heteroatoms. The number of rotatable bonds is 1. The van der Waals surface area contributed by atoms with Gasteiger partial charge < -0.3 is 5.32 Å². The highest BCUT2D eigenvalue weighted by atomic mass is 35.5. The fraction of sp³-hybridized carbons (Fsp3) is 0.500. The standard InChI is InChI=1S/C12H14ClN3S/c1-14-12-15-10(13)9-7-5-3-2-4-6-8(7)17-11(9)16-12/h2-6H2,1H3,(H,14,15,16). The molecule has 1 N–H and O–H groups in total. The molecule has 2 heterocycles. The maximum absolute atomic E-state index is 6.29. The number of aromatic nitrogens is 2. The van der Waals surface area contributed by atoms with E-state index in [1.165, 1.54) is 36.1 Å². The molecule has 17 heavy (non-hydrogen) atoms. The van der Waals surface area contributed by atoms with Crippen molar-refractivity contribution < 1.29 is 0 Å². The van der Waals surface area contributed by atoms with Crippen LogP contribution in [0.4, 0.5) is 5.95 Å². The Morgan fingerprint density at radius 1 is 1.18 bits per heavy atom. The third-order valence-electron chi connectivity index (χ3n) is 3.24. The van der Waals surface area contributed by atoms with Gasteiger partial charge in [-0.3, -0.25) is 0 Å². The van der Waals surface area contributed by atoms with Crippen LogP contribution in [-0.4, -0.2) is 17.0 Å². The molecule has 0 fully saturated rings. The van der Waals surface area contributed by atoms with E-state index < -0.39 is 0 Å². The van der Waals surface area contributed by atoms with Crippen molar-refractivity contribution >= 4 is 39.1 Å². The largest absolute Gasteiger partial charge is 0.357 e. The van der Waals surface area contributed by atoms with Gasteiger partial charge in [-0.1, -0.05) is 18.0 Å². The van der Waals surface area contributed by atoms with E-state index in [0.717, 1.165) is 16.6 Å². The Morgan fingerprint density at radius 2 is 2.00 bits per heavy atom. The second kappa shape index (κ2) is 4.42. The van der Waals surface area contributed by atoms with Crippen LogP contribution in [0.1, 0.15) is 29.7 Å². The van der Waals surface area contributed by atoms with Crippen LogP contribution >= 0.6 is 22.9 Å². The molecule has 0 aromatic carbocycles. The van der Waals surface area contributed by atoms with Gasteiger partial charge in [-0.2, -0.15) is 0 Å². The molecule has 0 saturated carbocycles. The van der Waals surface area contributed by atoms with Crippen molar-refractivity contribution in [2.24, 2.45) is 0 Å². The first-order valence-corrected chi connectivity index (χ1v) is 7.14. The summed E-state index contributed by atoms with van der Waals surface area (Å²) in [4.78, 5) is 11.3. The van der Waals surface area contributed by atoms with Crippen LogP contribution in [0, 0.1) is 0 Å². The van der Waals surface area contributed by atoms with E-state index in [0.29, 0.717) is 11.1 Å². The average Bonchev–Trinajstić information content (AvgIpc) is 2.52. The van der Waals surface area contributed by atoms with Gasteiger partial charge in [-0.15, -0.1) is 11.3 Å². The van der Waals surface area contributed by atoms with E-state index in [1.807, 2.05) is 7.05 Å². The number of fused-ring (bicyclic) bond motifs is 3. The number of thiophene rings is 1. The summed E-state index contributed by atoms with van der Waals surface area (Å²) < 4.78 is 0. The number of nitrogens with one attached hydrogen (secondary N) is 1. The number of nitrogens with zero attached hydrogens (tertiary/aromatic N) is 2. The molecule has 0 aliphatic heterocycles. The van der Waals surface area contributed by atoms with Crippen LogP contribution in [0.25, 0.3) is 10.2 Å². The highest BCUT2D eigenvalue weighted by molar-refractivity contribution is 7.19. The number of anilines is 1. The van der Waals surface area contributed by atoms with E-state index in [2.05, 4.69) is 15.3 Å². The van der Waals surface area contributed by atoms with Gasteiger partial charge in [-0.05, 0) is 31.2 Å². The lowest BCUT2D eigenvalue weighted by Gasteiger charge is -2.02. The minimum atomic E-state index is 0.596. The molecule has 1 aliphatic rings. The molecule has 0 radical (unpaired) electrons. The SMILES string of the molecule is CNc1nc(Cl)c2c3c(sc2n1)CCCCC3. The minimum absolute atomic E-state index is 0.596. The lowest BCUT2D eigenvalue weighted by Crippen LogP contribution is -1.96. The Hall–Kier alpha value is -0.870. The second-order valence-corrected chi connectivity index (χ2v) is 5.77. The molecule has 0 spiro atoms. The summed E-state index contributed by atoms with van der Waals surface area (Å²) in [6, 6.07) is 0. The van der Waals surface area contributed by atoms with Crippen LogP contribution in [0.15, 0.2) is 0 Å². The van der Waals surface area contributed by atoms with Crippen LogP contribution in [-0.2, 0) is 12.8 Å². The predicted octanol–water partition coefficient (Wildman–Crippen LogP) is 3.66. The Balaban J connectivity index is 2.24. The van der Waals surface area contributed by atoms with Crippen molar-refractivity contribution in [2.45, 2.75) is 32.1 Å². The summed E-state index contributed by atoms with van der Waals surface area (Å²) in [6.07, 6.45) is 6.14. The number of hydrogen-bond donors (Lipinski definition) is 1. The van der Waals surface area contributed by atoms with Gasteiger partial charge in [0.05, 0.1) is 5.39 Å². The lowest BCUT2D eigenvalue weighted by molar-refractivity contribution is 0.713. The molecule has 0 saturated heterocycles. The Morgan fingerprint density at radius 3 is 2.82 bits per heavy atom. The summed E-state index contributed by atoms with van der Waals surface area (Å²) in [5, 5.41) is 4.64. The minimum Gasteiger partial charge on any atom is -0.357 e. The summed E-state index contributed by atoms with van der Waals surface area (Å²) in [5.41, 5.74) is 1.40. The van der Waals surface area contributed by atoms with Crippen molar-refractivity contribution in [3.8, 4) is 0 Å². The van der Waals surface area contributed by atoms with Gasteiger partial charge in [0.15, 0.2) is 0 Å². The molecule has 0 unspecified atom stereocenters. The highest BCUT2D eigenvalue weighted by Gasteiger charge is 2.19. The first-order chi connectivity index (χ1) is 8.29. The van der Waals surface area contributed by atoms with E-state index in [4.69, 9.17) is 11.6 Å². The van der Waals surface area contributed by atoms with E-state index in [9.17, 15) is 0 Å². The molecule has 90 valence electrons. The smallest absolute Gasteiger partial charge is 0.225 e. The van der Waals surface area contributed by atoms with E-state index in [-0.39, 0.29) is 0 Å². The quantitative estimate of drug-likeness (QED) is 0.633. The first kappa shape index (κ1) is 11.2. The maximum atomic E-state index is 6.29. The maximum Gasteiger partial charge on any atom is 0.225 e. The molecule has 3 rings (SSSR count). The summed E-state index contributed by atoms with van der Waals surface area (Å²) >= 11 is 8.07. The second-order valence-electron chi connectivity index (χ2n) is 4.33. The van der Waals surface area contributed by atoms with Crippen molar-refractivity contribution in [3.05, 3.63) is 15.6 Å². The van der Waals surface area contributed by atoms with Crippen molar-refractivity contribution in [2.75, 3.05) is 12.4 Å². The van der Waals surface area contributed by atoms with Crippen molar-refractivity contribution in [1.29, 1.82) is 0 Å². The Bertz CT molecular complexity index is 564. The number of halogens is 1. The molecule has 0 atom stereocenters. The van der Waals surface area contributed by atoms with Crippen molar-refractivity contribution in [3.63, 3.8) is 0 Å². The van der Waals surface area contributed by atoms with E-state index >= 15 is 0 Å². The van der Waals surface area contributed by atoms with Gasteiger partial charge in [0.25, 0.3) is 0 Å². The average molecular weight is 268 g/mol. The van der Waals surface area contributed by atoms with Crippen LogP contribution in [0.3, 0.4) is 0 Å². The zero-order valence-electron chi connectivity index (χ0n) is 9.72. The number of hydrogen-bond acceptors (Lipinski definition) is 4. The molecular formula is C12H14ClN3S. The third-order valence-corrected chi connectivity index (χ3v) is 4.70. The summed E-state index contributed by atoms with van der Waals surface area (Å²) in [6.45, 7) is 0. The molecule has 1 aliphatic carbocycles. The molecule has 2 aromatic heterocycles. The monoisotopic (exact) mass is 267 g/mol. The molecular weight excluding hydrogens is 254 g/mol. The third kappa shape index (κ3) is 1.89. The van der Waals surface area contributed by atoms with Gasteiger partial charge >= 0.3 is 0 Å². The van der Waals surface area contributed by atoms with Gasteiger partial charge in [-0.25, -0.2) is 9.97 Å². The fourth-order valence-electron chi connectivity index (χ4n) is 2.40. The van der Waals surface area contributed by atoms with Crippen molar-refractivity contribution in [1.82, 2.24) is 9.97 Å². The van der Waals surface area contributed by atoms with Crippen LogP contribution < -0.4 is 5.32 Å². The van der Waals surface area contributed by atoms with Crippen LogP contribution in [0.5, 0.6) is 0 Å². The Kier molecular flexibility index (Phi) is 2.92. The molecule has 0 bridgehead atoms. The zero-order chi connectivity index (χ0) is 11.8. The van der Waals surface area contributed by atoms with Gasteiger partial charge in [0, 0.05) is 11.9 Å². The summed E-state index contributed by atoms with van der Waals surface area (Å²) in [5.74, 6) is 0.610. The van der Waals surface area contributed by atoms with E-state index in [1.54, 1.807) is 11.3 Å². The Labute approximate surface area is 109 Å². The molecule has 0 amide bonds.